The normalized spacial score (nSPS) is 14.6. The molecule has 0 radical (unpaired) electrons. The van der Waals surface area contributed by atoms with Gasteiger partial charge in [0.2, 0.25) is 0 Å². The molecule has 0 aliphatic heterocycles. The lowest BCUT2D eigenvalue weighted by atomic mass is 9.91. The van der Waals surface area contributed by atoms with Crippen LogP contribution in [0.15, 0.2) is 18.2 Å². The summed E-state index contributed by atoms with van der Waals surface area (Å²) < 4.78 is 0. The fourth-order valence-corrected chi connectivity index (χ4v) is 2.69. The second kappa shape index (κ2) is 6.80. The van der Waals surface area contributed by atoms with E-state index in [4.69, 9.17) is 0 Å². The van der Waals surface area contributed by atoms with Gasteiger partial charge in [-0.15, -0.1) is 0 Å². The van der Waals surface area contributed by atoms with Gasteiger partial charge < -0.3 is 5.32 Å². The lowest BCUT2D eigenvalue weighted by molar-refractivity contribution is 0.371. The molecular weight excluding hydrogens is 206 g/mol. The van der Waals surface area contributed by atoms with Gasteiger partial charge in [0.15, 0.2) is 0 Å². The largest absolute Gasteiger partial charge is 0.316 e. The van der Waals surface area contributed by atoms with Crippen LogP contribution in [0.3, 0.4) is 0 Å². The molecule has 1 N–H and O–H groups in total. The fourth-order valence-electron chi connectivity index (χ4n) is 2.69. The molecule has 0 aliphatic rings. The van der Waals surface area contributed by atoms with Gasteiger partial charge in [-0.2, -0.15) is 0 Å². The van der Waals surface area contributed by atoms with Crippen LogP contribution in [0, 0.1) is 19.8 Å². The molecule has 1 rings (SSSR count). The highest BCUT2D eigenvalue weighted by molar-refractivity contribution is 5.29. The minimum atomic E-state index is 0.594. The van der Waals surface area contributed by atoms with Crippen LogP contribution >= 0.6 is 0 Å². The Kier molecular flexibility index (Phi) is 5.70. The Hall–Kier alpha value is -0.820. The van der Waals surface area contributed by atoms with Crippen molar-refractivity contribution in [2.75, 3.05) is 7.05 Å². The van der Waals surface area contributed by atoms with Crippen LogP contribution in [0.4, 0.5) is 0 Å². The summed E-state index contributed by atoms with van der Waals surface area (Å²) in [4.78, 5) is 0. The highest BCUT2D eigenvalue weighted by Gasteiger charge is 2.15. The summed E-state index contributed by atoms with van der Waals surface area (Å²) >= 11 is 0. The summed E-state index contributed by atoms with van der Waals surface area (Å²) in [5.41, 5.74) is 4.21. The molecule has 1 nitrogen and oxygen atoms in total. The Bertz CT molecular complexity index is 323. The van der Waals surface area contributed by atoms with E-state index < -0.39 is 0 Å². The quantitative estimate of drug-likeness (QED) is 0.786. The van der Waals surface area contributed by atoms with Gasteiger partial charge in [0.05, 0.1) is 0 Å². The first kappa shape index (κ1) is 14.2. The molecule has 96 valence electrons. The Morgan fingerprint density at radius 1 is 1.12 bits per heavy atom. The molecule has 0 saturated carbocycles. The van der Waals surface area contributed by atoms with Crippen LogP contribution in [0.1, 0.15) is 43.4 Å². The van der Waals surface area contributed by atoms with Crippen molar-refractivity contribution in [1.82, 2.24) is 5.32 Å². The van der Waals surface area contributed by atoms with Gasteiger partial charge in [0.1, 0.15) is 0 Å². The zero-order valence-electron chi connectivity index (χ0n) is 12.0. The van der Waals surface area contributed by atoms with Gasteiger partial charge in [-0.3, -0.25) is 0 Å². The van der Waals surface area contributed by atoms with Crippen LogP contribution in [-0.2, 0) is 6.42 Å². The Labute approximate surface area is 107 Å². The van der Waals surface area contributed by atoms with Crippen molar-refractivity contribution in [2.45, 2.75) is 53.0 Å². The highest BCUT2D eigenvalue weighted by atomic mass is 14.9. The summed E-state index contributed by atoms with van der Waals surface area (Å²) in [6.07, 6.45) is 3.71. The number of benzene rings is 1. The Morgan fingerprint density at radius 3 is 2.18 bits per heavy atom. The Balaban J connectivity index is 2.73. The van der Waals surface area contributed by atoms with Gasteiger partial charge in [0.25, 0.3) is 0 Å². The summed E-state index contributed by atoms with van der Waals surface area (Å²) in [5, 5.41) is 3.47. The zero-order chi connectivity index (χ0) is 12.8. The van der Waals surface area contributed by atoms with E-state index in [1.54, 1.807) is 0 Å². The second-order valence-corrected chi connectivity index (χ2v) is 5.36. The number of hydrogen-bond acceptors (Lipinski definition) is 1. The molecule has 0 heterocycles. The Morgan fingerprint density at radius 2 is 1.71 bits per heavy atom. The lowest BCUT2D eigenvalue weighted by Crippen LogP contribution is -2.34. The average molecular weight is 233 g/mol. The SMILES string of the molecule is CCCC(C)C(Cc1cc(C)cc(C)c1)NC. The maximum Gasteiger partial charge on any atom is 0.0130 e. The minimum Gasteiger partial charge on any atom is -0.316 e. The summed E-state index contributed by atoms with van der Waals surface area (Å²) in [6, 6.07) is 7.47. The molecule has 1 aromatic rings. The molecule has 1 aromatic carbocycles. The minimum absolute atomic E-state index is 0.594. The summed E-state index contributed by atoms with van der Waals surface area (Å²) in [6.45, 7) is 8.98. The van der Waals surface area contributed by atoms with Crippen molar-refractivity contribution >= 4 is 0 Å². The van der Waals surface area contributed by atoms with E-state index >= 15 is 0 Å². The van der Waals surface area contributed by atoms with E-state index in [1.807, 2.05) is 0 Å². The number of likely N-dealkylation sites (N-methyl/N-ethyl adjacent to an activating group) is 1. The maximum absolute atomic E-state index is 3.47. The van der Waals surface area contributed by atoms with Gasteiger partial charge in [-0.1, -0.05) is 49.6 Å². The molecule has 0 saturated heterocycles. The standard InChI is InChI=1S/C16H27N/c1-6-7-14(4)16(17-5)11-15-9-12(2)8-13(3)10-15/h8-10,14,16-17H,6-7,11H2,1-5H3. The van der Waals surface area contributed by atoms with Crippen LogP contribution in [0.25, 0.3) is 0 Å². The molecule has 17 heavy (non-hydrogen) atoms. The van der Waals surface area contributed by atoms with Crippen molar-refractivity contribution < 1.29 is 0 Å². The third-order valence-corrected chi connectivity index (χ3v) is 3.54. The molecule has 0 fully saturated rings. The van der Waals surface area contributed by atoms with Gasteiger partial charge in [0, 0.05) is 6.04 Å². The monoisotopic (exact) mass is 233 g/mol. The molecule has 2 atom stereocenters. The van der Waals surface area contributed by atoms with E-state index in [0.717, 1.165) is 12.3 Å². The van der Waals surface area contributed by atoms with E-state index in [9.17, 15) is 0 Å². The van der Waals surface area contributed by atoms with Crippen LogP contribution < -0.4 is 5.32 Å². The van der Waals surface area contributed by atoms with E-state index in [-0.39, 0.29) is 0 Å². The number of hydrogen-bond donors (Lipinski definition) is 1. The van der Waals surface area contributed by atoms with E-state index in [1.165, 1.54) is 29.5 Å². The second-order valence-electron chi connectivity index (χ2n) is 5.36. The van der Waals surface area contributed by atoms with E-state index in [0.29, 0.717) is 6.04 Å². The molecule has 1 heteroatoms. The molecule has 0 spiro atoms. The lowest BCUT2D eigenvalue weighted by Gasteiger charge is -2.23. The average Bonchev–Trinajstić information content (AvgIpc) is 2.24. The van der Waals surface area contributed by atoms with Gasteiger partial charge in [-0.05, 0) is 45.2 Å². The van der Waals surface area contributed by atoms with E-state index in [2.05, 4.69) is 58.3 Å². The smallest absolute Gasteiger partial charge is 0.0130 e. The predicted octanol–water partition coefficient (Wildman–Crippen LogP) is 3.87. The summed E-state index contributed by atoms with van der Waals surface area (Å²) in [7, 11) is 2.08. The topological polar surface area (TPSA) is 12.0 Å². The predicted molar refractivity (Wildman–Crippen MR) is 76.5 cm³/mol. The van der Waals surface area contributed by atoms with Crippen LogP contribution in [0.2, 0.25) is 0 Å². The van der Waals surface area contributed by atoms with Crippen LogP contribution in [-0.4, -0.2) is 13.1 Å². The molecule has 0 bridgehead atoms. The first-order valence-electron chi connectivity index (χ1n) is 6.81. The third-order valence-electron chi connectivity index (χ3n) is 3.54. The number of aryl methyl sites for hydroxylation is 2. The van der Waals surface area contributed by atoms with Crippen molar-refractivity contribution in [3.05, 3.63) is 34.9 Å². The number of rotatable bonds is 6. The third kappa shape index (κ3) is 4.51. The first-order chi connectivity index (χ1) is 8.06. The molecule has 0 amide bonds. The molecule has 2 unspecified atom stereocenters. The zero-order valence-corrected chi connectivity index (χ0v) is 12.0. The molecular formula is C16H27N. The van der Waals surface area contributed by atoms with Crippen molar-refractivity contribution in [1.29, 1.82) is 0 Å². The fraction of sp³-hybridized carbons (Fsp3) is 0.625. The maximum atomic E-state index is 3.47. The highest BCUT2D eigenvalue weighted by Crippen LogP contribution is 2.17. The summed E-state index contributed by atoms with van der Waals surface area (Å²) in [5.74, 6) is 0.741. The van der Waals surface area contributed by atoms with Gasteiger partial charge in [-0.25, -0.2) is 0 Å². The molecule has 0 aliphatic carbocycles. The molecule has 0 aromatic heterocycles. The van der Waals surface area contributed by atoms with Crippen molar-refractivity contribution in [3.63, 3.8) is 0 Å². The van der Waals surface area contributed by atoms with Gasteiger partial charge >= 0.3 is 0 Å². The first-order valence-corrected chi connectivity index (χ1v) is 6.81. The van der Waals surface area contributed by atoms with Crippen LogP contribution in [0.5, 0.6) is 0 Å². The van der Waals surface area contributed by atoms with Crippen molar-refractivity contribution in [3.8, 4) is 0 Å². The number of nitrogens with one attached hydrogen (secondary N) is 1. The van der Waals surface area contributed by atoms with Crippen molar-refractivity contribution in [2.24, 2.45) is 5.92 Å².